The minimum absolute atomic E-state index is 0.196. The largest absolute Gasteiger partial charge is 0.466 e. The molecule has 16 heteroatoms. The summed E-state index contributed by atoms with van der Waals surface area (Å²) >= 11 is 13.7. The summed E-state index contributed by atoms with van der Waals surface area (Å²) in [7, 11) is -0.411. The molecule has 0 unspecified atom stereocenters. The molecule has 0 bridgehead atoms. The molecule has 0 aliphatic heterocycles. The standard InChI is InChI=1S/C45H37I6O9S/c1-4-52-23-55-38-17-35(49)41(20-32(38)46)58-26-7-11-29(12-8-26)61-44-13-9-27(59-42-21-33(47)39(18-36(42)50)56-24-53-5-2)15-30(44)31-16-28(10-14-45(31)61)60-43-22-34(48)40(19-37(43)51)57-25-54-6-3/h7-22H,4-6,23-25H2,1-3H3/q+1. The Morgan fingerprint density at radius 2 is 0.689 bits per heavy atom. The van der Waals surface area contributed by atoms with Crippen LogP contribution >= 0.6 is 146 Å². The Labute approximate surface area is 439 Å². The summed E-state index contributed by atoms with van der Waals surface area (Å²) in [5.41, 5.74) is 0. The van der Waals surface area contributed by atoms with Gasteiger partial charge in [0, 0.05) is 54.6 Å². The normalized spacial score (nSPS) is 11.3. The molecule has 0 aliphatic rings. The second kappa shape index (κ2) is 22.7. The van der Waals surface area contributed by atoms with Gasteiger partial charge in [-0.05, 0) is 229 Å². The summed E-state index contributed by atoms with van der Waals surface area (Å²) in [6.07, 6.45) is 0. The number of hydrogen-bond acceptors (Lipinski definition) is 9. The average molecular weight is 1520 g/mol. The van der Waals surface area contributed by atoms with Gasteiger partial charge in [-0.3, -0.25) is 0 Å². The minimum atomic E-state index is -0.411. The Kier molecular flexibility index (Phi) is 17.7. The summed E-state index contributed by atoms with van der Waals surface area (Å²) in [6, 6.07) is 33.0. The van der Waals surface area contributed by atoms with E-state index >= 15 is 0 Å². The van der Waals surface area contributed by atoms with Gasteiger partial charge in [0.05, 0.1) is 32.2 Å². The molecular formula is C45H37I6O9S+. The maximum absolute atomic E-state index is 6.59. The fourth-order valence-electron chi connectivity index (χ4n) is 5.98. The smallest absolute Gasteiger partial charge is 0.189 e. The lowest BCUT2D eigenvalue weighted by Gasteiger charge is -2.13. The SMILES string of the molecule is CCOCOc1cc(I)c(Oc2ccc(-[s+]3c4ccc(Oc5cc(I)c(OCOCC)cc5I)cc4c4cc(Oc5cc(I)c(OCOCC)cc5I)ccc43)cc2)cc1I. The molecular weight excluding hydrogens is 1480 g/mol. The number of rotatable bonds is 19. The van der Waals surface area contributed by atoms with Crippen LogP contribution in [0.4, 0.5) is 0 Å². The van der Waals surface area contributed by atoms with Crippen molar-refractivity contribution in [1.82, 2.24) is 0 Å². The lowest BCUT2D eigenvalue weighted by molar-refractivity contribution is 0.0216. The van der Waals surface area contributed by atoms with E-state index in [9.17, 15) is 0 Å². The van der Waals surface area contributed by atoms with E-state index in [-0.39, 0.29) is 20.4 Å². The average Bonchev–Trinajstić information content (AvgIpc) is 3.56. The van der Waals surface area contributed by atoms with Gasteiger partial charge < -0.3 is 42.6 Å². The van der Waals surface area contributed by atoms with Crippen molar-refractivity contribution >= 4 is 166 Å². The fourth-order valence-corrected chi connectivity index (χ4v) is 11.7. The highest BCUT2D eigenvalue weighted by Gasteiger charge is 2.26. The van der Waals surface area contributed by atoms with Gasteiger partial charge in [0.2, 0.25) is 0 Å². The monoisotopic (exact) mass is 1510 g/mol. The van der Waals surface area contributed by atoms with Crippen LogP contribution < -0.4 is 28.4 Å². The van der Waals surface area contributed by atoms with E-state index in [1.807, 2.05) is 81.4 Å². The van der Waals surface area contributed by atoms with Crippen molar-refractivity contribution in [1.29, 1.82) is 0 Å². The lowest BCUT2D eigenvalue weighted by Crippen LogP contribution is -2.03. The van der Waals surface area contributed by atoms with E-state index in [1.54, 1.807) is 0 Å². The van der Waals surface area contributed by atoms with Crippen LogP contribution in [0, 0.1) is 21.4 Å². The zero-order valence-corrected chi connectivity index (χ0v) is 46.6. The van der Waals surface area contributed by atoms with Gasteiger partial charge in [-0.25, -0.2) is 0 Å². The summed E-state index contributed by atoms with van der Waals surface area (Å²) in [4.78, 5) is 1.16. The van der Waals surface area contributed by atoms with Gasteiger partial charge in [-0.1, -0.05) is 0 Å². The highest BCUT2D eigenvalue weighted by Crippen LogP contribution is 2.51. The lowest BCUT2D eigenvalue weighted by atomic mass is 10.1. The summed E-state index contributed by atoms with van der Waals surface area (Å²) < 4.78 is 61.3. The topological polar surface area (TPSA) is 83.1 Å². The molecule has 1 heterocycles. The van der Waals surface area contributed by atoms with Crippen molar-refractivity contribution in [3.8, 4) is 56.6 Å². The Balaban J connectivity index is 1.23. The molecule has 6 aromatic carbocycles. The molecule has 0 atom stereocenters. The van der Waals surface area contributed by atoms with Gasteiger partial charge in [-0.2, -0.15) is 0 Å². The Bertz CT molecular complexity index is 2530. The maximum Gasteiger partial charge on any atom is 0.189 e. The highest BCUT2D eigenvalue weighted by atomic mass is 127. The van der Waals surface area contributed by atoms with Gasteiger partial charge >= 0.3 is 0 Å². The molecule has 0 amide bonds. The third-order valence-electron chi connectivity index (χ3n) is 8.84. The predicted octanol–water partition coefficient (Wildman–Crippen LogP) is 15.9. The summed E-state index contributed by atoms with van der Waals surface area (Å²) in [5.74, 6) is 6.72. The molecule has 318 valence electrons. The minimum Gasteiger partial charge on any atom is -0.466 e. The van der Waals surface area contributed by atoms with Crippen LogP contribution in [0.25, 0.3) is 25.1 Å². The van der Waals surface area contributed by atoms with Crippen LogP contribution in [0.5, 0.6) is 51.7 Å². The van der Waals surface area contributed by atoms with Crippen LogP contribution in [0.3, 0.4) is 0 Å². The third kappa shape index (κ3) is 11.9. The number of hydrogen-bond donors (Lipinski definition) is 0. The van der Waals surface area contributed by atoms with E-state index in [2.05, 4.69) is 172 Å². The Hall–Kier alpha value is -1.40. The third-order valence-corrected chi connectivity index (χ3v) is 16.2. The number of benzene rings is 6. The van der Waals surface area contributed by atoms with Crippen molar-refractivity contribution in [3.63, 3.8) is 0 Å². The molecule has 7 rings (SSSR count). The van der Waals surface area contributed by atoms with Crippen molar-refractivity contribution in [2.24, 2.45) is 0 Å². The van der Waals surface area contributed by atoms with E-state index in [0.717, 1.165) is 88.8 Å². The molecule has 0 aliphatic carbocycles. The van der Waals surface area contributed by atoms with Crippen molar-refractivity contribution in [3.05, 3.63) is 118 Å². The van der Waals surface area contributed by atoms with E-state index in [4.69, 9.17) is 42.6 Å². The zero-order valence-electron chi connectivity index (χ0n) is 32.8. The second-order valence-corrected chi connectivity index (χ2v) is 21.7. The van der Waals surface area contributed by atoms with Gasteiger partial charge in [0.1, 0.15) is 51.7 Å². The van der Waals surface area contributed by atoms with E-state index in [0.29, 0.717) is 19.8 Å². The number of fused-ring (bicyclic) bond motifs is 3. The van der Waals surface area contributed by atoms with Crippen LogP contribution in [0.1, 0.15) is 20.8 Å². The van der Waals surface area contributed by atoms with Crippen LogP contribution in [-0.4, -0.2) is 40.2 Å². The number of halogens is 6. The quantitative estimate of drug-likeness (QED) is 0.0340. The zero-order chi connectivity index (χ0) is 43.0. The van der Waals surface area contributed by atoms with E-state index < -0.39 is 10.5 Å². The van der Waals surface area contributed by atoms with Crippen LogP contribution in [0.2, 0.25) is 0 Å². The number of ether oxygens (including phenoxy) is 9. The molecule has 0 saturated carbocycles. The summed E-state index contributed by atoms with van der Waals surface area (Å²) in [5, 5.41) is 2.17. The van der Waals surface area contributed by atoms with Gasteiger partial charge in [0.15, 0.2) is 34.7 Å². The first-order chi connectivity index (χ1) is 29.6. The van der Waals surface area contributed by atoms with Gasteiger partial charge in [-0.15, -0.1) is 0 Å². The Morgan fingerprint density at radius 3 is 1.05 bits per heavy atom. The molecule has 9 nitrogen and oxygen atoms in total. The molecule has 61 heavy (non-hydrogen) atoms. The van der Waals surface area contributed by atoms with Crippen LogP contribution in [-0.2, 0) is 14.2 Å². The first kappa shape index (κ1) is 47.6. The van der Waals surface area contributed by atoms with E-state index in [1.165, 1.54) is 9.40 Å². The summed E-state index contributed by atoms with van der Waals surface area (Å²) in [6.45, 7) is 8.19. The van der Waals surface area contributed by atoms with Crippen molar-refractivity contribution < 1.29 is 42.6 Å². The molecule has 0 radical (unpaired) electrons. The second-order valence-electron chi connectivity index (χ2n) is 12.8. The highest BCUT2D eigenvalue weighted by molar-refractivity contribution is 14.1. The molecule has 0 fully saturated rings. The molecule has 0 spiro atoms. The molecule has 7 aromatic rings. The predicted molar refractivity (Wildman–Crippen MR) is 292 cm³/mol. The van der Waals surface area contributed by atoms with Crippen molar-refractivity contribution in [2.45, 2.75) is 20.8 Å². The Morgan fingerprint density at radius 1 is 0.377 bits per heavy atom. The maximum atomic E-state index is 6.59. The number of thiophene rings is 1. The first-order valence-corrected chi connectivity index (χ1v) is 26.5. The van der Waals surface area contributed by atoms with Gasteiger partial charge in [0.25, 0.3) is 0 Å². The van der Waals surface area contributed by atoms with Crippen molar-refractivity contribution in [2.75, 3.05) is 40.2 Å². The fraction of sp³-hybridized carbons (Fsp3) is 0.200. The molecule has 0 saturated heterocycles. The molecule has 1 aromatic heterocycles. The molecule has 0 N–H and O–H groups in total. The first-order valence-electron chi connectivity index (χ1n) is 18.8. The van der Waals surface area contributed by atoms with Crippen LogP contribution in [0.15, 0.2) is 97.1 Å².